The van der Waals surface area contributed by atoms with Crippen molar-refractivity contribution in [3.63, 3.8) is 0 Å². The molecule has 0 aliphatic carbocycles. The summed E-state index contributed by atoms with van der Waals surface area (Å²) in [5, 5.41) is 3.55. The fourth-order valence-electron chi connectivity index (χ4n) is 3.15. The highest BCUT2D eigenvalue weighted by molar-refractivity contribution is 6.31. The summed E-state index contributed by atoms with van der Waals surface area (Å²) in [6, 6.07) is 21.3. The maximum absolute atomic E-state index is 13.0. The van der Waals surface area contributed by atoms with Crippen LogP contribution in [-0.2, 0) is 9.53 Å². The summed E-state index contributed by atoms with van der Waals surface area (Å²) in [5.74, 6) is -1.80. The number of carbonyl (C=O) groups excluding carboxylic acids is 2. The van der Waals surface area contributed by atoms with Gasteiger partial charge >= 0.3 is 5.97 Å². The van der Waals surface area contributed by atoms with Crippen LogP contribution in [0.15, 0.2) is 88.1 Å². The summed E-state index contributed by atoms with van der Waals surface area (Å²) in [6.07, 6.45) is -1.28. The third-order valence-corrected chi connectivity index (χ3v) is 5.25. The average molecular weight is 448 g/mol. The Kier molecular flexibility index (Phi) is 6.05. The van der Waals surface area contributed by atoms with E-state index in [0.717, 1.165) is 11.6 Å². The molecule has 0 aliphatic rings. The van der Waals surface area contributed by atoms with Crippen molar-refractivity contribution in [3.8, 4) is 0 Å². The molecule has 32 heavy (non-hydrogen) atoms. The number of benzene rings is 3. The molecule has 1 N–H and O–H groups in total. The van der Waals surface area contributed by atoms with Crippen LogP contribution in [0.3, 0.4) is 0 Å². The van der Waals surface area contributed by atoms with Gasteiger partial charge in [-0.2, -0.15) is 0 Å². The van der Waals surface area contributed by atoms with Crippen LogP contribution in [0.1, 0.15) is 27.8 Å². The van der Waals surface area contributed by atoms with Gasteiger partial charge in [0.1, 0.15) is 5.58 Å². The van der Waals surface area contributed by atoms with Crippen LogP contribution in [0, 0.1) is 6.92 Å². The zero-order valence-corrected chi connectivity index (χ0v) is 17.8. The molecule has 0 saturated carbocycles. The minimum absolute atomic E-state index is 0.252. The van der Waals surface area contributed by atoms with E-state index in [1.54, 1.807) is 72.8 Å². The van der Waals surface area contributed by atoms with Gasteiger partial charge in [-0.15, -0.1) is 0 Å². The number of hydrogen-bond donors (Lipinski definition) is 1. The van der Waals surface area contributed by atoms with Gasteiger partial charge in [-0.1, -0.05) is 60.1 Å². The lowest BCUT2D eigenvalue weighted by Gasteiger charge is -2.18. The molecule has 4 rings (SSSR count). The van der Waals surface area contributed by atoms with E-state index in [-0.39, 0.29) is 16.8 Å². The molecule has 7 heteroatoms. The van der Waals surface area contributed by atoms with Crippen molar-refractivity contribution in [2.24, 2.45) is 0 Å². The molecule has 1 atom stereocenters. The van der Waals surface area contributed by atoms with Crippen molar-refractivity contribution in [2.45, 2.75) is 13.0 Å². The summed E-state index contributed by atoms with van der Waals surface area (Å²) in [6.45, 7) is 1.85. The van der Waals surface area contributed by atoms with Crippen LogP contribution in [0.4, 0.5) is 5.69 Å². The maximum atomic E-state index is 13.0. The van der Waals surface area contributed by atoms with Crippen LogP contribution in [-0.4, -0.2) is 11.9 Å². The van der Waals surface area contributed by atoms with E-state index in [1.165, 1.54) is 0 Å². The molecule has 4 aromatic rings. The van der Waals surface area contributed by atoms with Gasteiger partial charge in [0.25, 0.3) is 5.91 Å². The van der Waals surface area contributed by atoms with Gasteiger partial charge < -0.3 is 14.5 Å². The van der Waals surface area contributed by atoms with Crippen molar-refractivity contribution in [1.82, 2.24) is 0 Å². The number of esters is 1. The molecule has 160 valence electrons. The zero-order chi connectivity index (χ0) is 22.7. The van der Waals surface area contributed by atoms with Crippen molar-refractivity contribution < 1.29 is 18.7 Å². The molecular formula is C25H18ClNO5. The Labute approximate surface area is 188 Å². The predicted octanol–water partition coefficient (Wildman–Crippen LogP) is 5.29. The predicted molar refractivity (Wildman–Crippen MR) is 122 cm³/mol. The SMILES string of the molecule is Cc1ccc(NC(=O)C(OC(=O)c2cc(=O)c3ccccc3o2)c2ccccc2)cc1Cl. The van der Waals surface area contributed by atoms with Gasteiger partial charge in [0, 0.05) is 22.3 Å². The third-order valence-electron chi connectivity index (χ3n) is 4.84. The Balaban J connectivity index is 1.64. The van der Waals surface area contributed by atoms with Crippen LogP contribution < -0.4 is 10.7 Å². The molecule has 1 heterocycles. The fraction of sp³-hybridized carbons (Fsp3) is 0.0800. The maximum Gasteiger partial charge on any atom is 0.375 e. The third kappa shape index (κ3) is 4.55. The lowest BCUT2D eigenvalue weighted by Crippen LogP contribution is -2.26. The van der Waals surface area contributed by atoms with E-state index in [0.29, 0.717) is 21.7 Å². The molecule has 0 aliphatic heterocycles. The van der Waals surface area contributed by atoms with Gasteiger partial charge in [0.05, 0.1) is 5.39 Å². The van der Waals surface area contributed by atoms with Gasteiger partial charge in [-0.3, -0.25) is 9.59 Å². The van der Waals surface area contributed by atoms with E-state index >= 15 is 0 Å². The van der Waals surface area contributed by atoms with Crippen LogP contribution >= 0.6 is 11.6 Å². The molecular weight excluding hydrogens is 430 g/mol. The van der Waals surface area contributed by atoms with Crippen molar-refractivity contribution in [3.05, 3.63) is 111 Å². The molecule has 3 aromatic carbocycles. The Morgan fingerprint density at radius 1 is 0.969 bits per heavy atom. The number of para-hydroxylation sites is 1. The summed E-state index contributed by atoms with van der Waals surface area (Å²) in [5.41, 5.74) is 1.65. The first-order valence-corrected chi connectivity index (χ1v) is 10.2. The number of ether oxygens (including phenoxy) is 1. The van der Waals surface area contributed by atoms with Gasteiger partial charge in [0.2, 0.25) is 11.9 Å². The van der Waals surface area contributed by atoms with Gasteiger partial charge in [-0.05, 0) is 36.8 Å². The molecule has 0 radical (unpaired) electrons. The molecule has 6 nitrogen and oxygen atoms in total. The standard InChI is InChI=1S/C25H18ClNO5/c1-15-11-12-17(13-19(15)26)27-24(29)23(16-7-3-2-4-8-16)32-25(30)22-14-20(28)18-9-5-6-10-21(18)31-22/h2-14,23H,1H3,(H,27,29). The second-order valence-corrected chi connectivity index (χ2v) is 7.53. The molecule has 1 amide bonds. The first-order chi connectivity index (χ1) is 15.4. The van der Waals surface area contributed by atoms with E-state index in [9.17, 15) is 14.4 Å². The number of carbonyl (C=O) groups is 2. The first-order valence-electron chi connectivity index (χ1n) is 9.78. The number of rotatable bonds is 5. The van der Waals surface area contributed by atoms with E-state index in [4.69, 9.17) is 20.8 Å². The number of anilines is 1. The van der Waals surface area contributed by atoms with Crippen LogP contribution in [0.5, 0.6) is 0 Å². The van der Waals surface area contributed by atoms with Crippen molar-refractivity contribution in [1.29, 1.82) is 0 Å². The second kappa shape index (κ2) is 9.08. The fourth-order valence-corrected chi connectivity index (χ4v) is 3.33. The van der Waals surface area contributed by atoms with Gasteiger partial charge in [-0.25, -0.2) is 4.79 Å². The second-order valence-electron chi connectivity index (χ2n) is 7.12. The van der Waals surface area contributed by atoms with Crippen LogP contribution in [0.25, 0.3) is 11.0 Å². The lowest BCUT2D eigenvalue weighted by molar-refractivity contribution is -0.125. The zero-order valence-electron chi connectivity index (χ0n) is 17.0. The molecule has 0 bridgehead atoms. The van der Waals surface area contributed by atoms with E-state index in [1.807, 2.05) is 6.92 Å². The van der Waals surface area contributed by atoms with Crippen molar-refractivity contribution >= 4 is 40.1 Å². The summed E-state index contributed by atoms with van der Waals surface area (Å²) >= 11 is 6.14. The van der Waals surface area contributed by atoms with E-state index < -0.39 is 18.0 Å². The van der Waals surface area contributed by atoms with Crippen LogP contribution in [0.2, 0.25) is 5.02 Å². The smallest absolute Gasteiger partial charge is 0.375 e. The number of hydrogen-bond acceptors (Lipinski definition) is 5. The molecule has 0 saturated heterocycles. The number of amides is 1. The van der Waals surface area contributed by atoms with E-state index in [2.05, 4.69) is 5.32 Å². The minimum atomic E-state index is -1.28. The first kappa shape index (κ1) is 21.3. The summed E-state index contributed by atoms with van der Waals surface area (Å²) < 4.78 is 11.0. The topological polar surface area (TPSA) is 85.6 Å². The molecule has 1 aromatic heterocycles. The molecule has 0 fully saturated rings. The van der Waals surface area contributed by atoms with Gasteiger partial charge in [0.15, 0.2) is 5.43 Å². The quantitative estimate of drug-likeness (QED) is 0.420. The number of nitrogens with one attached hydrogen (secondary N) is 1. The number of aryl methyl sites for hydroxylation is 1. The van der Waals surface area contributed by atoms with Crippen molar-refractivity contribution in [2.75, 3.05) is 5.32 Å². The highest BCUT2D eigenvalue weighted by Crippen LogP contribution is 2.25. The number of halogens is 1. The Morgan fingerprint density at radius 2 is 1.69 bits per heavy atom. The Hall–Kier alpha value is -3.90. The highest BCUT2D eigenvalue weighted by atomic mass is 35.5. The Morgan fingerprint density at radius 3 is 2.44 bits per heavy atom. The minimum Gasteiger partial charge on any atom is -0.449 e. The molecule has 1 unspecified atom stereocenters. The Bertz CT molecular complexity index is 1360. The largest absolute Gasteiger partial charge is 0.449 e. The monoisotopic (exact) mass is 447 g/mol. The number of fused-ring (bicyclic) bond motifs is 1. The lowest BCUT2D eigenvalue weighted by atomic mass is 10.1. The highest BCUT2D eigenvalue weighted by Gasteiger charge is 2.27. The summed E-state index contributed by atoms with van der Waals surface area (Å²) in [4.78, 5) is 38.2. The normalized spacial score (nSPS) is 11.7. The molecule has 0 spiro atoms. The average Bonchev–Trinajstić information content (AvgIpc) is 2.80. The summed E-state index contributed by atoms with van der Waals surface area (Å²) in [7, 11) is 0.